The monoisotopic (exact) mass is 158 g/mol. The van der Waals surface area contributed by atoms with Gasteiger partial charge in [0.05, 0.1) is 11.7 Å². The zero-order chi connectivity index (χ0) is 8.55. The number of benzene rings is 1. The van der Waals surface area contributed by atoms with Crippen molar-refractivity contribution in [3.63, 3.8) is 0 Å². The second-order valence-electron chi connectivity index (χ2n) is 3.05. The van der Waals surface area contributed by atoms with Crippen LogP contribution < -0.4 is 0 Å². The number of nitrogens with zero attached hydrogens (tertiary/aromatic N) is 2. The molecule has 1 aromatic carbocycles. The highest BCUT2D eigenvalue weighted by Gasteiger charge is 1.97. The molecular formula is C10H10N2. The van der Waals surface area contributed by atoms with Crippen molar-refractivity contribution in [2.45, 2.75) is 13.8 Å². The molecule has 0 fully saturated rings. The Labute approximate surface area is 71.3 Å². The molecule has 0 aliphatic carbocycles. The van der Waals surface area contributed by atoms with E-state index in [0.29, 0.717) is 0 Å². The van der Waals surface area contributed by atoms with Crippen LogP contribution in [0.1, 0.15) is 11.1 Å². The lowest BCUT2D eigenvalue weighted by molar-refractivity contribution is 1.07. The second kappa shape index (κ2) is 2.55. The maximum atomic E-state index is 4.05. The van der Waals surface area contributed by atoms with Crippen LogP contribution in [-0.2, 0) is 0 Å². The minimum atomic E-state index is 0.981. The molecule has 0 bridgehead atoms. The first-order chi connectivity index (χ1) is 5.77. The Morgan fingerprint density at radius 2 is 2.00 bits per heavy atom. The molecule has 0 N–H and O–H groups in total. The molecule has 60 valence electrons. The standard InChI is InChI=1S/C10H10N2/c1-7-5-8(2)9-3-4-11-12-10(9)6-7/h3-6H,1-2H3. The molecule has 2 aromatic rings. The van der Waals surface area contributed by atoms with Crippen molar-refractivity contribution in [2.24, 2.45) is 0 Å². The summed E-state index contributed by atoms with van der Waals surface area (Å²) in [6.45, 7) is 4.16. The maximum Gasteiger partial charge on any atom is 0.0934 e. The summed E-state index contributed by atoms with van der Waals surface area (Å²) in [7, 11) is 0. The van der Waals surface area contributed by atoms with Gasteiger partial charge in [0.25, 0.3) is 0 Å². The Morgan fingerprint density at radius 3 is 2.83 bits per heavy atom. The van der Waals surface area contributed by atoms with Crippen LogP contribution in [-0.4, -0.2) is 10.2 Å². The fraction of sp³-hybridized carbons (Fsp3) is 0.200. The Bertz CT molecular complexity index is 421. The van der Waals surface area contributed by atoms with Gasteiger partial charge in [-0.2, -0.15) is 10.2 Å². The number of fused-ring (bicyclic) bond motifs is 1. The van der Waals surface area contributed by atoms with Gasteiger partial charge in [0.2, 0.25) is 0 Å². The Morgan fingerprint density at radius 1 is 1.17 bits per heavy atom. The first kappa shape index (κ1) is 7.22. The highest BCUT2D eigenvalue weighted by molar-refractivity contribution is 5.81. The van der Waals surface area contributed by atoms with E-state index in [1.165, 1.54) is 16.5 Å². The third-order valence-corrected chi connectivity index (χ3v) is 1.98. The van der Waals surface area contributed by atoms with Crippen LogP contribution in [0.15, 0.2) is 24.4 Å². The van der Waals surface area contributed by atoms with Gasteiger partial charge in [-0.1, -0.05) is 6.07 Å². The lowest BCUT2D eigenvalue weighted by atomic mass is 10.1. The van der Waals surface area contributed by atoms with Gasteiger partial charge < -0.3 is 0 Å². The first-order valence-corrected chi connectivity index (χ1v) is 3.96. The molecule has 0 spiro atoms. The largest absolute Gasteiger partial charge is 0.159 e. The molecule has 2 rings (SSSR count). The first-order valence-electron chi connectivity index (χ1n) is 3.96. The normalized spacial score (nSPS) is 10.5. The second-order valence-corrected chi connectivity index (χ2v) is 3.05. The van der Waals surface area contributed by atoms with Gasteiger partial charge in [0.1, 0.15) is 0 Å². The average Bonchev–Trinajstić information content (AvgIpc) is 2.04. The summed E-state index contributed by atoms with van der Waals surface area (Å²) >= 11 is 0. The third kappa shape index (κ3) is 1.05. The van der Waals surface area contributed by atoms with E-state index in [1.807, 2.05) is 6.07 Å². The maximum absolute atomic E-state index is 4.05. The van der Waals surface area contributed by atoms with Crippen LogP contribution in [0.2, 0.25) is 0 Å². The van der Waals surface area contributed by atoms with Gasteiger partial charge in [-0.05, 0) is 37.1 Å². The van der Waals surface area contributed by atoms with E-state index >= 15 is 0 Å². The van der Waals surface area contributed by atoms with Crippen molar-refractivity contribution in [1.29, 1.82) is 0 Å². The molecule has 0 atom stereocenters. The molecule has 0 saturated carbocycles. The molecule has 0 unspecified atom stereocenters. The highest BCUT2D eigenvalue weighted by atomic mass is 15.1. The summed E-state index contributed by atoms with van der Waals surface area (Å²) in [6, 6.07) is 6.20. The molecule has 0 radical (unpaired) electrons. The number of hydrogen-bond acceptors (Lipinski definition) is 2. The summed E-state index contributed by atoms with van der Waals surface area (Å²) in [5.74, 6) is 0. The quantitative estimate of drug-likeness (QED) is 0.587. The van der Waals surface area contributed by atoms with Gasteiger partial charge in [-0.15, -0.1) is 0 Å². The lowest BCUT2D eigenvalue weighted by Crippen LogP contribution is -1.86. The fourth-order valence-corrected chi connectivity index (χ4v) is 1.46. The number of aryl methyl sites for hydroxylation is 2. The van der Waals surface area contributed by atoms with Gasteiger partial charge in [-0.3, -0.25) is 0 Å². The smallest absolute Gasteiger partial charge is 0.0934 e. The molecule has 0 aliphatic rings. The molecule has 0 saturated heterocycles. The number of rotatable bonds is 0. The molecule has 0 aliphatic heterocycles. The molecule has 12 heavy (non-hydrogen) atoms. The number of hydrogen-bond donors (Lipinski definition) is 0. The van der Waals surface area contributed by atoms with Gasteiger partial charge >= 0.3 is 0 Å². The summed E-state index contributed by atoms with van der Waals surface area (Å²) in [5.41, 5.74) is 3.48. The van der Waals surface area contributed by atoms with Crippen molar-refractivity contribution >= 4 is 10.9 Å². The molecule has 2 nitrogen and oxygen atoms in total. The van der Waals surface area contributed by atoms with Crippen LogP contribution >= 0.6 is 0 Å². The van der Waals surface area contributed by atoms with Crippen molar-refractivity contribution in [2.75, 3.05) is 0 Å². The minimum Gasteiger partial charge on any atom is -0.159 e. The van der Waals surface area contributed by atoms with Crippen molar-refractivity contribution in [3.05, 3.63) is 35.5 Å². The Hall–Kier alpha value is -1.44. The highest BCUT2D eigenvalue weighted by Crippen LogP contribution is 2.16. The van der Waals surface area contributed by atoms with Gasteiger partial charge in [0.15, 0.2) is 0 Å². The third-order valence-electron chi connectivity index (χ3n) is 1.98. The van der Waals surface area contributed by atoms with E-state index < -0.39 is 0 Å². The van der Waals surface area contributed by atoms with Crippen LogP contribution in [0.4, 0.5) is 0 Å². The molecule has 1 aromatic heterocycles. The summed E-state index contributed by atoms with van der Waals surface area (Å²) in [5, 5.41) is 9.09. The predicted octanol–water partition coefficient (Wildman–Crippen LogP) is 2.25. The Kier molecular flexibility index (Phi) is 1.54. The van der Waals surface area contributed by atoms with Crippen LogP contribution in [0, 0.1) is 13.8 Å². The summed E-state index contributed by atoms with van der Waals surface area (Å²) in [6.07, 6.45) is 1.73. The van der Waals surface area contributed by atoms with Crippen molar-refractivity contribution in [3.8, 4) is 0 Å². The van der Waals surface area contributed by atoms with Gasteiger partial charge in [-0.25, -0.2) is 0 Å². The summed E-state index contributed by atoms with van der Waals surface area (Å²) < 4.78 is 0. The van der Waals surface area contributed by atoms with E-state index in [2.05, 4.69) is 36.2 Å². The predicted molar refractivity (Wildman–Crippen MR) is 49.0 cm³/mol. The SMILES string of the molecule is Cc1cc(C)c2ccnnc2c1. The minimum absolute atomic E-state index is 0.981. The van der Waals surface area contributed by atoms with Crippen molar-refractivity contribution < 1.29 is 0 Å². The lowest BCUT2D eigenvalue weighted by Gasteiger charge is -2.00. The van der Waals surface area contributed by atoms with E-state index in [4.69, 9.17) is 0 Å². The van der Waals surface area contributed by atoms with E-state index in [0.717, 1.165) is 5.52 Å². The van der Waals surface area contributed by atoms with Crippen molar-refractivity contribution in [1.82, 2.24) is 10.2 Å². The topological polar surface area (TPSA) is 25.8 Å². The molecule has 0 amide bonds. The zero-order valence-electron chi connectivity index (χ0n) is 7.20. The van der Waals surface area contributed by atoms with Crippen LogP contribution in [0.3, 0.4) is 0 Å². The van der Waals surface area contributed by atoms with Crippen LogP contribution in [0.5, 0.6) is 0 Å². The van der Waals surface area contributed by atoms with Gasteiger partial charge in [0, 0.05) is 5.39 Å². The molecular weight excluding hydrogens is 148 g/mol. The average molecular weight is 158 g/mol. The van der Waals surface area contributed by atoms with E-state index in [1.54, 1.807) is 6.20 Å². The number of aromatic nitrogens is 2. The zero-order valence-corrected chi connectivity index (χ0v) is 7.20. The molecule has 2 heteroatoms. The van der Waals surface area contributed by atoms with E-state index in [9.17, 15) is 0 Å². The van der Waals surface area contributed by atoms with Crippen LogP contribution in [0.25, 0.3) is 10.9 Å². The fourth-order valence-electron chi connectivity index (χ4n) is 1.46. The van der Waals surface area contributed by atoms with E-state index in [-0.39, 0.29) is 0 Å². The summed E-state index contributed by atoms with van der Waals surface area (Å²) in [4.78, 5) is 0. The Balaban J connectivity index is 2.89. The molecule has 1 heterocycles.